The predicted molar refractivity (Wildman–Crippen MR) is 136 cm³/mol. The second kappa shape index (κ2) is 9.40. The molecule has 5 rings (SSSR count). The molecule has 2 aromatic heterocycles. The maximum atomic E-state index is 13.1. The monoisotopic (exact) mass is 488 g/mol. The molecule has 188 valence electrons. The van der Waals surface area contributed by atoms with Crippen LogP contribution in [0.1, 0.15) is 43.4 Å². The maximum Gasteiger partial charge on any atom is 0.268 e. The molecule has 2 aliphatic heterocycles. The Balaban J connectivity index is 1.34. The van der Waals surface area contributed by atoms with Crippen molar-refractivity contribution in [2.75, 3.05) is 39.6 Å². The number of rotatable bonds is 6. The van der Waals surface area contributed by atoms with Gasteiger partial charge in [-0.15, -0.1) is 0 Å². The van der Waals surface area contributed by atoms with E-state index in [1.165, 1.54) is 0 Å². The van der Waals surface area contributed by atoms with Crippen molar-refractivity contribution in [2.24, 2.45) is 0 Å². The first kappa shape index (κ1) is 24.0. The topological polar surface area (TPSA) is 106 Å². The van der Waals surface area contributed by atoms with Gasteiger partial charge >= 0.3 is 0 Å². The highest BCUT2D eigenvalue weighted by Crippen LogP contribution is 2.42. The second-order valence-electron chi connectivity index (χ2n) is 9.82. The van der Waals surface area contributed by atoms with Crippen LogP contribution in [0.15, 0.2) is 48.7 Å². The first-order valence-electron chi connectivity index (χ1n) is 12.1. The average Bonchev–Trinajstić information content (AvgIpc) is 3.19. The SMILES string of the molecule is Cc1cc(C(=O)NCc2ccc(N)cn2)n2c1C1(COC1)N(Cc1ccc(C(=O)N(C)C)cc1)CC2. The molecule has 36 heavy (non-hydrogen) atoms. The van der Waals surface area contributed by atoms with Gasteiger partial charge in [-0.1, -0.05) is 12.1 Å². The van der Waals surface area contributed by atoms with Crippen molar-refractivity contribution in [2.45, 2.75) is 32.1 Å². The van der Waals surface area contributed by atoms with Crippen molar-refractivity contribution in [3.63, 3.8) is 0 Å². The molecule has 9 nitrogen and oxygen atoms in total. The smallest absolute Gasteiger partial charge is 0.268 e. The number of amides is 2. The molecule has 0 unspecified atom stereocenters. The third-order valence-corrected chi connectivity index (χ3v) is 7.10. The molecule has 0 atom stereocenters. The van der Waals surface area contributed by atoms with Crippen molar-refractivity contribution >= 4 is 17.5 Å². The molecule has 9 heteroatoms. The van der Waals surface area contributed by atoms with Crippen LogP contribution >= 0.6 is 0 Å². The van der Waals surface area contributed by atoms with Crippen molar-refractivity contribution in [3.8, 4) is 0 Å². The van der Waals surface area contributed by atoms with E-state index in [1.54, 1.807) is 31.3 Å². The summed E-state index contributed by atoms with van der Waals surface area (Å²) in [5.74, 6) is -0.122. The van der Waals surface area contributed by atoms with Crippen LogP contribution in [0.25, 0.3) is 0 Å². The van der Waals surface area contributed by atoms with Crippen molar-refractivity contribution in [3.05, 3.63) is 82.4 Å². The van der Waals surface area contributed by atoms with Crippen LogP contribution in [0.3, 0.4) is 0 Å². The molecule has 2 aliphatic rings. The zero-order chi connectivity index (χ0) is 25.4. The van der Waals surface area contributed by atoms with Gasteiger partial charge in [-0.2, -0.15) is 0 Å². The second-order valence-corrected chi connectivity index (χ2v) is 9.82. The summed E-state index contributed by atoms with van der Waals surface area (Å²) in [5.41, 5.74) is 11.5. The highest BCUT2D eigenvalue weighted by molar-refractivity contribution is 5.94. The molecule has 2 amide bonds. The number of carbonyl (C=O) groups is 2. The van der Waals surface area contributed by atoms with E-state index in [4.69, 9.17) is 10.5 Å². The number of hydrogen-bond donors (Lipinski definition) is 2. The fraction of sp³-hybridized carbons (Fsp3) is 0.370. The lowest BCUT2D eigenvalue weighted by Gasteiger charge is -2.53. The zero-order valence-corrected chi connectivity index (χ0v) is 21.0. The fourth-order valence-corrected chi connectivity index (χ4v) is 5.19. The highest BCUT2D eigenvalue weighted by atomic mass is 16.5. The minimum atomic E-state index is -0.266. The van der Waals surface area contributed by atoms with Crippen LogP contribution < -0.4 is 11.1 Å². The van der Waals surface area contributed by atoms with Gasteiger partial charge in [0.2, 0.25) is 0 Å². The number of nitrogens with two attached hydrogens (primary N) is 1. The minimum Gasteiger partial charge on any atom is -0.397 e. The lowest BCUT2D eigenvalue weighted by Crippen LogP contribution is -2.63. The number of anilines is 1. The van der Waals surface area contributed by atoms with Gasteiger partial charge in [0.25, 0.3) is 11.8 Å². The first-order valence-corrected chi connectivity index (χ1v) is 12.1. The number of pyridine rings is 1. The predicted octanol–water partition coefficient (Wildman–Crippen LogP) is 2.15. The number of aromatic nitrogens is 2. The van der Waals surface area contributed by atoms with Crippen LogP contribution in [0, 0.1) is 6.92 Å². The van der Waals surface area contributed by atoms with E-state index in [9.17, 15) is 9.59 Å². The van der Waals surface area contributed by atoms with Crippen molar-refractivity contribution in [1.82, 2.24) is 24.7 Å². The van der Waals surface area contributed by atoms with E-state index in [2.05, 4.69) is 26.7 Å². The maximum absolute atomic E-state index is 13.1. The lowest BCUT2D eigenvalue weighted by atomic mass is 9.86. The number of benzene rings is 1. The number of nitrogen functional groups attached to an aromatic ring is 1. The summed E-state index contributed by atoms with van der Waals surface area (Å²) < 4.78 is 7.88. The summed E-state index contributed by atoms with van der Waals surface area (Å²) >= 11 is 0. The number of ether oxygens (including phenoxy) is 1. The zero-order valence-electron chi connectivity index (χ0n) is 21.0. The van der Waals surface area contributed by atoms with Crippen LogP contribution in [0.4, 0.5) is 5.69 Å². The molecule has 4 heterocycles. The van der Waals surface area contributed by atoms with Gasteiger partial charge in [-0.05, 0) is 48.4 Å². The molecule has 3 aromatic rings. The number of hydrogen-bond acceptors (Lipinski definition) is 6. The van der Waals surface area contributed by atoms with E-state index in [0.717, 1.165) is 35.6 Å². The Morgan fingerprint density at radius 2 is 1.89 bits per heavy atom. The molecule has 1 saturated heterocycles. The Kier molecular flexibility index (Phi) is 6.27. The van der Waals surface area contributed by atoms with E-state index < -0.39 is 0 Å². The van der Waals surface area contributed by atoms with Gasteiger partial charge in [0.05, 0.1) is 37.3 Å². The van der Waals surface area contributed by atoms with Gasteiger partial charge in [-0.3, -0.25) is 19.5 Å². The number of carbonyl (C=O) groups excluding carboxylic acids is 2. The molecule has 3 N–H and O–H groups in total. The molecule has 1 fully saturated rings. The van der Waals surface area contributed by atoms with E-state index >= 15 is 0 Å². The van der Waals surface area contributed by atoms with E-state index in [-0.39, 0.29) is 17.4 Å². The molecule has 1 aromatic carbocycles. The Labute approximate surface area is 210 Å². The first-order chi connectivity index (χ1) is 17.3. The van der Waals surface area contributed by atoms with Crippen LogP contribution in [-0.4, -0.2) is 65.0 Å². The molecule has 0 radical (unpaired) electrons. The third kappa shape index (κ3) is 4.25. The van der Waals surface area contributed by atoms with E-state index in [1.807, 2.05) is 36.4 Å². The quantitative estimate of drug-likeness (QED) is 0.551. The van der Waals surface area contributed by atoms with Gasteiger partial charge in [0.1, 0.15) is 11.2 Å². The standard InChI is InChI=1S/C27H32N6O3/c1-18-12-23(25(34)30-14-22-9-8-21(28)13-29-22)33-11-10-32(27(24(18)33)16-36-17-27)15-19-4-6-20(7-5-19)26(35)31(2)3/h4-9,12-13H,10-11,14-17,28H2,1-3H3,(H,30,34). The van der Waals surface area contributed by atoms with Crippen molar-refractivity contribution in [1.29, 1.82) is 0 Å². The molecular weight excluding hydrogens is 456 g/mol. The summed E-state index contributed by atoms with van der Waals surface area (Å²) in [4.78, 5) is 33.7. The van der Waals surface area contributed by atoms with Gasteiger partial charge in [0, 0.05) is 45.0 Å². The van der Waals surface area contributed by atoms with Crippen LogP contribution in [0.5, 0.6) is 0 Å². The number of nitrogens with zero attached hydrogens (tertiary/aromatic N) is 4. The number of nitrogens with one attached hydrogen (secondary N) is 1. The summed E-state index contributed by atoms with van der Waals surface area (Å²) in [6.07, 6.45) is 1.59. The molecule has 0 saturated carbocycles. The lowest BCUT2D eigenvalue weighted by molar-refractivity contribution is -0.163. The minimum absolute atomic E-state index is 0.00480. The van der Waals surface area contributed by atoms with Gasteiger partial charge < -0.3 is 25.3 Å². The summed E-state index contributed by atoms with van der Waals surface area (Å²) in [5, 5.41) is 3.00. The summed E-state index contributed by atoms with van der Waals surface area (Å²) in [6, 6.07) is 13.4. The molecular formula is C27H32N6O3. The summed E-state index contributed by atoms with van der Waals surface area (Å²) in [6.45, 7) is 5.83. The normalized spacial score (nSPS) is 16.3. The Hall–Kier alpha value is -3.69. The van der Waals surface area contributed by atoms with Crippen molar-refractivity contribution < 1.29 is 14.3 Å². The number of fused-ring (bicyclic) bond motifs is 2. The van der Waals surface area contributed by atoms with Gasteiger partial charge in [-0.25, -0.2) is 0 Å². The largest absolute Gasteiger partial charge is 0.397 e. The van der Waals surface area contributed by atoms with Crippen LogP contribution in [0.2, 0.25) is 0 Å². The third-order valence-electron chi connectivity index (χ3n) is 7.10. The van der Waals surface area contributed by atoms with E-state index in [0.29, 0.717) is 43.2 Å². The highest BCUT2D eigenvalue weighted by Gasteiger charge is 2.51. The molecule has 0 bridgehead atoms. The fourth-order valence-electron chi connectivity index (χ4n) is 5.19. The molecule has 0 aliphatic carbocycles. The molecule has 1 spiro atoms. The van der Waals surface area contributed by atoms with Gasteiger partial charge in [0.15, 0.2) is 0 Å². The summed E-state index contributed by atoms with van der Waals surface area (Å²) in [7, 11) is 3.51. The van der Waals surface area contributed by atoms with Crippen LogP contribution in [-0.2, 0) is 29.9 Å². The number of aryl methyl sites for hydroxylation is 1. The Bertz CT molecular complexity index is 1280. The Morgan fingerprint density at radius 3 is 2.50 bits per heavy atom. The average molecular weight is 489 g/mol. The Morgan fingerprint density at radius 1 is 1.14 bits per heavy atom.